The molecule has 0 unspecified atom stereocenters. The fourth-order valence-corrected chi connectivity index (χ4v) is 2.91. The third-order valence-electron chi connectivity index (χ3n) is 4.06. The molecule has 0 atom stereocenters. The van der Waals surface area contributed by atoms with E-state index in [0.29, 0.717) is 18.8 Å². The standard InChI is InChI=1S/C18H19FN2O2/c1-13-6-7-16(19)18-15(13)5-3-9-21(18)17(22)12-23-11-14-4-2-8-20-10-14/h2,4,6-8,10H,3,5,9,11-12H2,1H3. The molecule has 4 nitrogen and oxygen atoms in total. The Hall–Kier alpha value is -2.27. The zero-order chi connectivity index (χ0) is 16.2. The molecule has 0 aliphatic carbocycles. The summed E-state index contributed by atoms with van der Waals surface area (Å²) in [6, 6.07) is 6.90. The number of carbonyl (C=O) groups is 1. The molecule has 5 heteroatoms. The maximum Gasteiger partial charge on any atom is 0.253 e. The number of carbonyl (C=O) groups excluding carboxylic acids is 1. The third kappa shape index (κ3) is 3.40. The van der Waals surface area contributed by atoms with E-state index in [1.807, 2.05) is 19.1 Å². The second kappa shape index (κ2) is 6.87. The van der Waals surface area contributed by atoms with Gasteiger partial charge >= 0.3 is 0 Å². The molecule has 0 saturated heterocycles. The molecular formula is C18H19FN2O2. The number of pyridine rings is 1. The molecule has 0 spiro atoms. The van der Waals surface area contributed by atoms with E-state index in [9.17, 15) is 9.18 Å². The Morgan fingerprint density at radius 2 is 2.26 bits per heavy atom. The summed E-state index contributed by atoms with van der Waals surface area (Å²) >= 11 is 0. The van der Waals surface area contributed by atoms with E-state index in [1.54, 1.807) is 18.5 Å². The number of anilines is 1. The van der Waals surface area contributed by atoms with Gasteiger partial charge in [-0.15, -0.1) is 0 Å². The minimum atomic E-state index is -0.342. The summed E-state index contributed by atoms with van der Waals surface area (Å²) in [5, 5.41) is 0. The Kier molecular flexibility index (Phi) is 4.67. The summed E-state index contributed by atoms with van der Waals surface area (Å²) < 4.78 is 19.7. The van der Waals surface area contributed by atoms with Crippen LogP contribution in [0.25, 0.3) is 0 Å². The first-order valence-electron chi connectivity index (χ1n) is 7.72. The number of ether oxygens (including phenoxy) is 1. The van der Waals surface area contributed by atoms with Crippen LogP contribution in [0.15, 0.2) is 36.7 Å². The number of benzene rings is 1. The molecule has 23 heavy (non-hydrogen) atoms. The lowest BCUT2D eigenvalue weighted by Gasteiger charge is -2.30. The van der Waals surface area contributed by atoms with E-state index >= 15 is 0 Å². The van der Waals surface area contributed by atoms with Gasteiger partial charge in [-0.1, -0.05) is 12.1 Å². The number of hydrogen-bond donors (Lipinski definition) is 0. The summed E-state index contributed by atoms with van der Waals surface area (Å²) in [4.78, 5) is 17.9. The Bertz CT molecular complexity index is 704. The number of nitrogens with zero attached hydrogens (tertiary/aromatic N) is 2. The van der Waals surface area contributed by atoms with Crippen LogP contribution in [-0.4, -0.2) is 24.0 Å². The third-order valence-corrected chi connectivity index (χ3v) is 4.06. The molecule has 3 rings (SSSR count). The topological polar surface area (TPSA) is 42.4 Å². The number of halogens is 1. The van der Waals surface area contributed by atoms with Crippen molar-refractivity contribution in [2.24, 2.45) is 0 Å². The molecule has 0 saturated carbocycles. The van der Waals surface area contributed by atoms with E-state index in [-0.39, 0.29) is 18.3 Å². The monoisotopic (exact) mass is 314 g/mol. The first-order chi connectivity index (χ1) is 11.2. The largest absolute Gasteiger partial charge is 0.367 e. The van der Waals surface area contributed by atoms with Crippen LogP contribution in [0.4, 0.5) is 10.1 Å². The number of aromatic nitrogens is 1. The van der Waals surface area contributed by atoms with Gasteiger partial charge in [0, 0.05) is 18.9 Å². The summed E-state index contributed by atoms with van der Waals surface area (Å²) in [6.45, 7) is 2.73. The Labute approximate surface area is 134 Å². The van der Waals surface area contributed by atoms with E-state index in [1.165, 1.54) is 11.0 Å². The van der Waals surface area contributed by atoms with E-state index in [2.05, 4.69) is 4.98 Å². The molecule has 2 aromatic rings. The summed E-state index contributed by atoms with van der Waals surface area (Å²) in [5.41, 5.74) is 3.28. The van der Waals surface area contributed by atoms with Crippen molar-refractivity contribution in [2.45, 2.75) is 26.4 Å². The zero-order valence-corrected chi connectivity index (χ0v) is 13.1. The first kappa shape index (κ1) is 15.6. The van der Waals surface area contributed by atoms with E-state index in [4.69, 9.17) is 4.74 Å². The molecule has 0 N–H and O–H groups in total. The van der Waals surface area contributed by atoms with Gasteiger partial charge in [-0.3, -0.25) is 9.78 Å². The van der Waals surface area contributed by atoms with Crippen molar-refractivity contribution in [1.82, 2.24) is 4.98 Å². The number of aryl methyl sites for hydroxylation is 1. The predicted molar refractivity (Wildman–Crippen MR) is 85.7 cm³/mol. The van der Waals surface area contributed by atoms with Crippen molar-refractivity contribution in [2.75, 3.05) is 18.1 Å². The quantitative estimate of drug-likeness (QED) is 0.871. The number of amides is 1. The highest BCUT2D eigenvalue weighted by molar-refractivity contribution is 5.95. The van der Waals surface area contributed by atoms with Crippen molar-refractivity contribution < 1.29 is 13.9 Å². The molecular weight excluding hydrogens is 295 g/mol. The van der Waals surface area contributed by atoms with Crippen molar-refractivity contribution in [3.63, 3.8) is 0 Å². The highest BCUT2D eigenvalue weighted by atomic mass is 19.1. The van der Waals surface area contributed by atoms with Crippen LogP contribution in [0.5, 0.6) is 0 Å². The Morgan fingerprint density at radius 3 is 3.04 bits per heavy atom. The van der Waals surface area contributed by atoms with Gasteiger partial charge in [-0.05, 0) is 48.6 Å². The minimum Gasteiger partial charge on any atom is -0.367 e. The van der Waals surface area contributed by atoms with Crippen LogP contribution in [0, 0.1) is 12.7 Å². The average Bonchev–Trinajstić information content (AvgIpc) is 2.58. The number of fused-ring (bicyclic) bond motifs is 1. The molecule has 1 aliphatic rings. The smallest absolute Gasteiger partial charge is 0.253 e. The van der Waals surface area contributed by atoms with Crippen LogP contribution in [-0.2, 0) is 22.6 Å². The van der Waals surface area contributed by atoms with Crippen LogP contribution in [0.1, 0.15) is 23.1 Å². The van der Waals surface area contributed by atoms with Crippen LogP contribution >= 0.6 is 0 Å². The maximum absolute atomic E-state index is 14.2. The lowest BCUT2D eigenvalue weighted by molar-refractivity contribution is -0.123. The fourth-order valence-electron chi connectivity index (χ4n) is 2.91. The van der Waals surface area contributed by atoms with Crippen molar-refractivity contribution >= 4 is 11.6 Å². The molecule has 1 aromatic carbocycles. The molecule has 0 fully saturated rings. The molecule has 2 heterocycles. The van der Waals surface area contributed by atoms with Crippen molar-refractivity contribution in [3.8, 4) is 0 Å². The normalized spacial score (nSPS) is 13.7. The number of rotatable bonds is 4. The predicted octanol–water partition coefficient (Wildman–Crippen LogP) is 3.03. The number of hydrogen-bond acceptors (Lipinski definition) is 3. The van der Waals surface area contributed by atoms with Gasteiger partial charge in [0.2, 0.25) is 0 Å². The van der Waals surface area contributed by atoms with Crippen molar-refractivity contribution in [1.29, 1.82) is 0 Å². The molecule has 120 valence electrons. The molecule has 0 radical (unpaired) electrons. The SMILES string of the molecule is Cc1ccc(F)c2c1CCCN2C(=O)COCc1cccnc1. The summed E-state index contributed by atoms with van der Waals surface area (Å²) in [7, 11) is 0. The summed E-state index contributed by atoms with van der Waals surface area (Å²) in [5.74, 6) is -0.551. The van der Waals surface area contributed by atoms with Crippen LogP contribution in [0.2, 0.25) is 0 Å². The molecule has 1 aromatic heterocycles. The fraction of sp³-hybridized carbons (Fsp3) is 0.333. The second-order valence-corrected chi connectivity index (χ2v) is 5.69. The van der Waals surface area contributed by atoms with Gasteiger partial charge in [0.25, 0.3) is 5.91 Å². The van der Waals surface area contributed by atoms with Gasteiger partial charge in [-0.25, -0.2) is 4.39 Å². The van der Waals surface area contributed by atoms with Crippen LogP contribution in [0.3, 0.4) is 0 Å². The van der Waals surface area contributed by atoms with Gasteiger partial charge in [0.1, 0.15) is 12.4 Å². The van der Waals surface area contributed by atoms with E-state index in [0.717, 1.165) is 29.5 Å². The van der Waals surface area contributed by atoms with Crippen molar-refractivity contribution in [3.05, 3.63) is 59.2 Å². The Morgan fingerprint density at radius 1 is 1.39 bits per heavy atom. The second-order valence-electron chi connectivity index (χ2n) is 5.69. The maximum atomic E-state index is 14.2. The van der Waals surface area contributed by atoms with Gasteiger partial charge in [0.15, 0.2) is 0 Å². The molecule has 0 bridgehead atoms. The Balaban J connectivity index is 1.68. The highest BCUT2D eigenvalue weighted by Crippen LogP contribution is 2.32. The first-order valence-corrected chi connectivity index (χ1v) is 7.72. The molecule has 1 aliphatic heterocycles. The lowest BCUT2D eigenvalue weighted by Crippen LogP contribution is -2.38. The van der Waals surface area contributed by atoms with Crippen LogP contribution < -0.4 is 4.90 Å². The average molecular weight is 314 g/mol. The van der Waals surface area contributed by atoms with Gasteiger partial charge < -0.3 is 9.64 Å². The molecule has 1 amide bonds. The van der Waals surface area contributed by atoms with E-state index < -0.39 is 0 Å². The van der Waals surface area contributed by atoms with Gasteiger partial charge in [0.05, 0.1) is 12.3 Å². The summed E-state index contributed by atoms with van der Waals surface area (Å²) in [6.07, 6.45) is 5.03. The van der Waals surface area contributed by atoms with Gasteiger partial charge in [-0.2, -0.15) is 0 Å². The lowest BCUT2D eigenvalue weighted by atomic mass is 9.96. The minimum absolute atomic E-state index is 0.0677. The highest BCUT2D eigenvalue weighted by Gasteiger charge is 2.26. The zero-order valence-electron chi connectivity index (χ0n) is 13.1.